The molecule has 1 amide bonds. The number of para-hydroxylation sites is 3. The SMILES string of the molecule is O=C(N(c1nc2ccccc2s1)c1ccccc1N1CCNCC1)C(F)(F)F. The van der Waals surface area contributed by atoms with E-state index in [0.717, 1.165) is 29.1 Å². The summed E-state index contributed by atoms with van der Waals surface area (Å²) in [7, 11) is 0. The maximum atomic E-state index is 13.5. The molecule has 146 valence electrons. The zero-order chi connectivity index (χ0) is 19.7. The van der Waals surface area contributed by atoms with Gasteiger partial charge in [-0.05, 0) is 24.3 Å². The number of piperazine rings is 1. The van der Waals surface area contributed by atoms with Crippen molar-refractivity contribution in [3.05, 3.63) is 48.5 Å². The number of thiazole rings is 1. The molecule has 1 aromatic heterocycles. The Labute approximate surface area is 163 Å². The molecule has 9 heteroatoms. The molecule has 1 N–H and O–H groups in total. The fourth-order valence-electron chi connectivity index (χ4n) is 3.21. The average molecular weight is 406 g/mol. The highest BCUT2D eigenvalue weighted by atomic mass is 32.1. The van der Waals surface area contributed by atoms with Crippen LogP contribution in [0.1, 0.15) is 0 Å². The lowest BCUT2D eigenvalue weighted by Crippen LogP contribution is -2.45. The van der Waals surface area contributed by atoms with Gasteiger partial charge in [-0.25, -0.2) is 9.88 Å². The van der Waals surface area contributed by atoms with Crippen LogP contribution in [0.2, 0.25) is 0 Å². The van der Waals surface area contributed by atoms with Gasteiger partial charge in [0.15, 0.2) is 5.13 Å². The highest BCUT2D eigenvalue weighted by Crippen LogP contribution is 2.40. The summed E-state index contributed by atoms with van der Waals surface area (Å²) < 4.78 is 41.1. The molecule has 5 nitrogen and oxygen atoms in total. The molecule has 1 saturated heterocycles. The molecule has 0 spiro atoms. The predicted octanol–water partition coefficient (Wildman–Crippen LogP) is 3.93. The van der Waals surface area contributed by atoms with Gasteiger partial charge >= 0.3 is 12.1 Å². The van der Waals surface area contributed by atoms with E-state index in [4.69, 9.17) is 0 Å². The number of nitrogens with zero attached hydrogens (tertiary/aromatic N) is 3. The Hall–Kier alpha value is -2.65. The lowest BCUT2D eigenvalue weighted by molar-refractivity contribution is -0.169. The Balaban J connectivity index is 1.86. The van der Waals surface area contributed by atoms with Crippen molar-refractivity contribution in [3.8, 4) is 0 Å². The second kappa shape index (κ2) is 7.40. The van der Waals surface area contributed by atoms with Crippen LogP contribution >= 0.6 is 11.3 Å². The van der Waals surface area contributed by atoms with Crippen LogP contribution in [0, 0.1) is 0 Å². The van der Waals surface area contributed by atoms with Crippen LogP contribution in [0.25, 0.3) is 10.2 Å². The monoisotopic (exact) mass is 406 g/mol. The summed E-state index contributed by atoms with van der Waals surface area (Å²) in [5, 5.41) is 3.22. The third kappa shape index (κ3) is 3.55. The van der Waals surface area contributed by atoms with Gasteiger partial charge in [0, 0.05) is 26.2 Å². The largest absolute Gasteiger partial charge is 0.472 e. The number of benzene rings is 2. The first-order chi connectivity index (χ1) is 13.4. The molecule has 0 atom stereocenters. The highest BCUT2D eigenvalue weighted by Gasteiger charge is 2.45. The average Bonchev–Trinajstić information content (AvgIpc) is 3.12. The molecule has 1 fully saturated rings. The van der Waals surface area contributed by atoms with Crippen molar-refractivity contribution in [3.63, 3.8) is 0 Å². The number of hydrogen-bond donors (Lipinski definition) is 1. The molecule has 0 aliphatic carbocycles. The number of hydrogen-bond acceptors (Lipinski definition) is 5. The molecular formula is C19H17F3N4OS. The van der Waals surface area contributed by atoms with Gasteiger partial charge in [-0.2, -0.15) is 13.2 Å². The van der Waals surface area contributed by atoms with E-state index in [-0.39, 0.29) is 10.8 Å². The van der Waals surface area contributed by atoms with E-state index >= 15 is 0 Å². The molecule has 2 heterocycles. The molecule has 0 saturated carbocycles. The summed E-state index contributed by atoms with van der Waals surface area (Å²) in [4.78, 5) is 19.4. The number of anilines is 3. The lowest BCUT2D eigenvalue weighted by atomic mass is 10.2. The number of carbonyl (C=O) groups is 1. The molecular weight excluding hydrogens is 389 g/mol. The van der Waals surface area contributed by atoms with Gasteiger partial charge < -0.3 is 10.2 Å². The number of halogens is 3. The van der Waals surface area contributed by atoms with Gasteiger partial charge in [-0.3, -0.25) is 4.79 Å². The van der Waals surface area contributed by atoms with Gasteiger partial charge in [-0.1, -0.05) is 35.6 Å². The molecule has 2 aromatic carbocycles. The van der Waals surface area contributed by atoms with Crippen molar-refractivity contribution in [1.82, 2.24) is 10.3 Å². The Kier molecular flexibility index (Phi) is 4.94. The minimum Gasteiger partial charge on any atom is -0.367 e. The Bertz CT molecular complexity index is 965. The lowest BCUT2D eigenvalue weighted by Gasteiger charge is -2.33. The van der Waals surface area contributed by atoms with E-state index in [2.05, 4.69) is 10.3 Å². The van der Waals surface area contributed by atoms with Crippen molar-refractivity contribution < 1.29 is 18.0 Å². The van der Waals surface area contributed by atoms with Crippen molar-refractivity contribution in [2.45, 2.75) is 6.18 Å². The summed E-state index contributed by atoms with van der Waals surface area (Å²) in [5.41, 5.74) is 1.33. The minimum atomic E-state index is -5.02. The summed E-state index contributed by atoms with van der Waals surface area (Å²) in [6.45, 7) is 2.74. The quantitative estimate of drug-likeness (QED) is 0.716. The molecule has 0 unspecified atom stereocenters. The number of carbonyl (C=O) groups excluding carboxylic acids is 1. The van der Waals surface area contributed by atoms with Crippen LogP contribution in [-0.4, -0.2) is 43.2 Å². The Morgan fingerprint density at radius 1 is 1.07 bits per heavy atom. The maximum Gasteiger partial charge on any atom is 0.472 e. The van der Waals surface area contributed by atoms with E-state index in [1.54, 1.807) is 42.5 Å². The first-order valence-corrected chi connectivity index (χ1v) is 9.58. The topological polar surface area (TPSA) is 48.5 Å². The summed E-state index contributed by atoms with van der Waals surface area (Å²) in [6.07, 6.45) is -5.02. The standard InChI is InChI=1S/C19H17F3N4OS/c20-19(21,22)17(27)26(18-24-13-5-1-4-8-16(13)28-18)15-7-3-2-6-14(15)25-11-9-23-10-12-25/h1-8,23H,9-12H2. The van der Waals surface area contributed by atoms with Crippen LogP contribution in [0.15, 0.2) is 48.5 Å². The number of fused-ring (bicyclic) bond motifs is 1. The first-order valence-electron chi connectivity index (χ1n) is 8.77. The minimum absolute atomic E-state index is 0.00566. The molecule has 1 aliphatic rings. The van der Waals surface area contributed by atoms with Crippen molar-refractivity contribution in [2.75, 3.05) is 36.0 Å². The fourth-order valence-corrected chi connectivity index (χ4v) is 4.19. The third-order valence-corrected chi connectivity index (χ3v) is 5.52. The first kappa shape index (κ1) is 18.7. The molecule has 0 bridgehead atoms. The summed E-state index contributed by atoms with van der Waals surface area (Å²) >= 11 is 1.06. The van der Waals surface area contributed by atoms with Crippen LogP contribution in [-0.2, 0) is 4.79 Å². The van der Waals surface area contributed by atoms with Gasteiger partial charge in [-0.15, -0.1) is 0 Å². The Morgan fingerprint density at radius 3 is 2.46 bits per heavy atom. The van der Waals surface area contributed by atoms with E-state index in [0.29, 0.717) is 29.2 Å². The predicted molar refractivity (Wildman–Crippen MR) is 104 cm³/mol. The van der Waals surface area contributed by atoms with Crippen LogP contribution in [0.3, 0.4) is 0 Å². The van der Waals surface area contributed by atoms with Crippen LogP contribution < -0.4 is 15.1 Å². The number of rotatable bonds is 3. The number of nitrogens with one attached hydrogen (secondary N) is 1. The molecule has 4 rings (SSSR count). The summed E-state index contributed by atoms with van der Waals surface area (Å²) in [6, 6.07) is 13.7. The number of amides is 1. The summed E-state index contributed by atoms with van der Waals surface area (Å²) in [5.74, 6) is -1.95. The number of aromatic nitrogens is 1. The molecule has 3 aromatic rings. The molecule has 1 aliphatic heterocycles. The number of alkyl halides is 3. The maximum absolute atomic E-state index is 13.5. The third-order valence-electron chi connectivity index (χ3n) is 4.50. The zero-order valence-electron chi connectivity index (χ0n) is 14.7. The van der Waals surface area contributed by atoms with Gasteiger partial charge in [0.2, 0.25) is 0 Å². The van der Waals surface area contributed by atoms with E-state index in [1.807, 2.05) is 4.90 Å². The van der Waals surface area contributed by atoms with Crippen LogP contribution in [0.4, 0.5) is 29.7 Å². The second-order valence-corrected chi connectivity index (χ2v) is 7.34. The van der Waals surface area contributed by atoms with Crippen molar-refractivity contribution in [1.29, 1.82) is 0 Å². The van der Waals surface area contributed by atoms with E-state index in [1.165, 1.54) is 6.07 Å². The highest BCUT2D eigenvalue weighted by molar-refractivity contribution is 7.22. The molecule has 28 heavy (non-hydrogen) atoms. The van der Waals surface area contributed by atoms with Crippen molar-refractivity contribution in [2.24, 2.45) is 0 Å². The van der Waals surface area contributed by atoms with E-state index < -0.39 is 12.1 Å². The van der Waals surface area contributed by atoms with Crippen molar-refractivity contribution >= 4 is 44.0 Å². The normalized spacial score (nSPS) is 15.0. The molecule has 0 radical (unpaired) electrons. The van der Waals surface area contributed by atoms with Gasteiger partial charge in [0.25, 0.3) is 0 Å². The smallest absolute Gasteiger partial charge is 0.367 e. The van der Waals surface area contributed by atoms with Gasteiger partial charge in [0.1, 0.15) is 0 Å². The van der Waals surface area contributed by atoms with E-state index in [9.17, 15) is 18.0 Å². The zero-order valence-corrected chi connectivity index (χ0v) is 15.6. The second-order valence-electron chi connectivity index (χ2n) is 6.33. The Morgan fingerprint density at radius 2 is 1.75 bits per heavy atom. The van der Waals surface area contributed by atoms with Gasteiger partial charge in [0.05, 0.1) is 21.6 Å². The fraction of sp³-hybridized carbons (Fsp3) is 0.263. The van der Waals surface area contributed by atoms with Crippen LogP contribution in [0.5, 0.6) is 0 Å².